The highest BCUT2D eigenvalue weighted by Crippen LogP contribution is 2.16. The maximum absolute atomic E-state index is 12.2. The number of amides is 1. The van der Waals surface area contributed by atoms with Crippen LogP contribution in [-0.4, -0.2) is 27.5 Å². The molecule has 0 aliphatic carbocycles. The van der Waals surface area contributed by atoms with Crippen molar-refractivity contribution in [3.05, 3.63) is 58.1 Å². The number of nitrogens with zero attached hydrogens (tertiary/aromatic N) is 2. The molecule has 0 aliphatic rings. The predicted molar refractivity (Wildman–Crippen MR) is 89.5 cm³/mol. The normalized spacial score (nSPS) is 10.8. The summed E-state index contributed by atoms with van der Waals surface area (Å²) >= 11 is 6.02. The lowest BCUT2D eigenvalue weighted by atomic mass is 10.1. The largest absolute Gasteiger partial charge is 0.392 e. The molecule has 23 heavy (non-hydrogen) atoms. The lowest BCUT2D eigenvalue weighted by Crippen LogP contribution is -2.27. The van der Waals surface area contributed by atoms with Crippen LogP contribution in [0.5, 0.6) is 0 Å². The maximum Gasteiger partial charge on any atom is 0.271 e. The fourth-order valence-electron chi connectivity index (χ4n) is 2.03. The zero-order valence-corrected chi connectivity index (χ0v) is 14.0. The Morgan fingerprint density at radius 2 is 1.91 bits per heavy atom. The molecule has 122 valence electrons. The van der Waals surface area contributed by atoms with Crippen molar-refractivity contribution < 1.29 is 9.90 Å². The van der Waals surface area contributed by atoms with Crippen LogP contribution in [0.3, 0.4) is 0 Å². The first-order valence-electron chi connectivity index (χ1n) is 7.50. The summed E-state index contributed by atoms with van der Waals surface area (Å²) in [7, 11) is 0. The van der Waals surface area contributed by atoms with Crippen LogP contribution in [0.2, 0.25) is 5.02 Å². The van der Waals surface area contributed by atoms with Crippen molar-refractivity contribution in [2.45, 2.75) is 32.8 Å². The van der Waals surface area contributed by atoms with E-state index in [1.165, 1.54) is 6.20 Å². The minimum Gasteiger partial charge on any atom is -0.392 e. The van der Waals surface area contributed by atoms with Crippen molar-refractivity contribution in [1.82, 2.24) is 15.3 Å². The van der Waals surface area contributed by atoms with Crippen LogP contribution >= 0.6 is 11.6 Å². The van der Waals surface area contributed by atoms with Crippen molar-refractivity contribution >= 4 is 17.5 Å². The van der Waals surface area contributed by atoms with Crippen LogP contribution < -0.4 is 5.32 Å². The Hall–Kier alpha value is -1.98. The first-order valence-corrected chi connectivity index (χ1v) is 7.88. The van der Waals surface area contributed by atoms with Gasteiger partial charge in [0.1, 0.15) is 11.5 Å². The Balaban J connectivity index is 1.95. The van der Waals surface area contributed by atoms with Gasteiger partial charge in [-0.3, -0.25) is 4.79 Å². The molecular weight excluding hydrogens is 314 g/mol. The Labute approximate surface area is 140 Å². The van der Waals surface area contributed by atoms with E-state index in [0.29, 0.717) is 18.8 Å². The number of aromatic nitrogens is 2. The van der Waals surface area contributed by atoms with Crippen molar-refractivity contribution in [2.75, 3.05) is 6.54 Å². The molecular formula is C17H20ClN3O2. The van der Waals surface area contributed by atoms with Gasteiger partial charge in [0, 0.05) is 12.5 Å². The fourth-order valence-corrected chi connectivity index (χ4v) is 2.21. The summed E-state index contributed by atoms with van der Waals surface area (Å²) in [5.74, 6) is 0.425. The minimum absolute atomic E-state index is 0.0292. The third kappa shape index (κ3) is 4.74. The average Bonchev–Trinajstić information content (AvgIpc) is 2.55. The lowest BCUT2D eigenvalue weighted by Gasteiger charge is -2.09. The van der Waals surface area contributed by atoms with E-state index in [9.17, 15) is 4.79 Å². The molecule has 0 spiro atoms. The van der Waals surface area contributed by atoms with E-state index in [1.54, 1.807) is 0 Å². The quantitative estimate of drug-likeness (QED) is 0.852. The molecule has 1 aromatic carbocycles. The number of carbonyl (C=O) groups is 1. The standard InChI is InChI=1S/C17H20ClN3O2/c1-11(2)16-20-9-14(18)15(21-16)17(23)19-8-7-12-3-5-13(10-22)6-4-12/h3-6,9,11,22H,7-8,10H2,1-2H3,(H,19,23). The van der Waals surface area contributed by atoms with Crippen LogP contribution in [0.4, 0.5) is 0 Å². The van der Waals surface area contributed by atoms with E-state index in [0.717, 1.165) is 11.1 Å². The van der Waals surface area contributed by atoms with E-state index in [-0.39, 0.29) is 29.1 Å². The number of carbonyl (C=O) groups excluding carboxylic acids is 1. The third-order valence-corrected chi connectivity index (χ3v) is 3.68. The lowest BCUT2D eigenvalue weighted by molar-refractivity contribution is 0.0949. The second-order valence-electron chi connectivity index (χ2n) is 5.56. The molecule has 6 heteroatoms. The smallest absolute Gasteiger partial charge is 0.271 e. The average molecular weight is 334 g/mol. The number of rotatable bonds is 6. The van der Waals surface area contributed by atoms with Gasteiger partial charge in [0.05, 0.1) is 17.8 Å². The van der Waals surface area contributed by atoms with Crippen LogP contribution in [-0.2, 0) is 13.0 Å². The Morgan fingerprint density at radius 1 is 1.26 bits per heavy atom. The van der Waals surface area contributed by atoms with Crippen LogP contribution in [0.25, 0.3) is 0 Å². The van der Waals surface area contributed by atoms with Crippen molar-refractivity contribution in [3.63, 3.8) is 0 Å². The number of aliphatic hydroxyl groups is 1. The van der Waals surface area contributed by atoms with Gasteiger partial charge in [0.2, 0.25) is 0 Å². The molecule has 5 nitrogen and oxygen atoms in total. The topological polar surface area (TPSA) is 75.1 Å². The van der Waals surface area contributed by atoms with Gasteiger partial charge in [-0.2, -0.15) is 0 Å². The van der Waals surface area contributed by atoms with Crippen molar-refractivity contribution in [1.29, 1.82) is 0 Å². The number of aliphatic hydroxyl groups excluding tert-OH is 1. The van der Waals surface area contributed by atoms with Crippen LogP contribution in [0, 0.1) is 0 Å². The molecule has 0 atom stereocenters. The van der Waals surface area contributed by atoms with Gasteiger partial charge in [0.15, 0.2) is 0 Å². The molecule has 2 aromatic rings. The van der Waals surface area contributed by atoms with Crippen molar-refractivity contribution in [3.8, 4) is 0 Å². The van der Waals surface area contributed by atoms with E-state index < -0.39 is 0 Å². The van der Waals surface area contributed by atoms with Gasteiger partial charge in [-0.15, -0.1) is 0 Å². The third-order valence-electron chi connectivity index (χ3n) is 3.40. The summed E-state index contributed by atoms with van der Waals surface area (Å²) in [6, 6.07) is 7.61. The summed E-state index contributed by atoms with van der Waals surface area (Å²) in [6.07, 6.45) is 2.16. The summed E-state index contributed by atoms with van der Waals surface area (Å²) in [5.41, 5.74) is 2.16. The van der Waals surface area contributed by atoms with Gasteiger partial charge >= 0.3 is 0 Å². The fraction of sp³-hybridized carbons (Fsp3) is 0.353. The summed E-state index contributed by atoms with van der Waals surface area (Å²) in [4.78, 5) is 20.6. The van der Waals surface area contributed by atoms with Crippen LogP contribution in [0.15, 0.2) is 30.5 Å². The molecule has 2 N–H and O–H groups in total. The van der Waals surface area contributed by atoms with Crippen molar-refractivity contribution in [2.24, 2.45) is 0 Å². The van der Waals surface area contributed by atoms with Gasteiger partial charge in [-0.25, -0.2) is 9.97 Å². The number of halogens is 1. The Bertz CT molecular complexity index is 672. The highest BCUT2D eigenvalue weighted by Gasteiger charge is 2.15. The molecule has 0 saturated heterocycles. The molecule has 0 fully saturated rings. The zero-order chi connectivity index (χ0) is 16.8. The van der Waals surface area contributed by atoms with E-state index in [1.807, 2.05) is 38.1 Å². The summed E-state index contributed by atoms with van der Waals surface area (Å²) in [6.45, 7) is 4.43. The monoisotopic (exact) mass is 333 g/mol. The maximum atomic E-state index is 12.2. The van der Waals surface area contributed by atoms with E-state index in [4.69, 9.17) is 16.7 Å². The number of nitrogens with one attached hydrogen (secondary N) is 1. The highest BCUT2D eigenvalue weighted by atomic mass is 35.5. The molecule has 0 unspecified atom stereocenters. The van der Waals surface area contributed by atoms with Crippen LogP contribution in [0.1, 0.15) is 47.2 Å². The first-order chi connectivity index (χ1) is 11.0. The Morgan fingerprint density at radius 3 is 2.52 bits per heavy atom. The number of hydrogen-bond acceptors (Lipinski definition) is 4. The van der Waals surface area contributed by atoms with Gasteiger partial charge in [-0.05, 0) is 17.5 Å². The molecule has 0 saturated carbocycles. The molecule has 0 bridgehead atoms. The second kappa shape index (κ2) is 8.04. The van der Waals surface area contributed by atoms with Gasteiger partial charge in [-0.1, -0.05) is 49.7 Å². The number of benzene rings is 1. The first kappa shape index (κ1) is 17.4. The molecule has 0 aliphatic heterocycles. The predicted octanol–water partition coefficient (Wildman–Crippen LogP) is 2.72. The highest BCUT2D eigenvalue weighted by molar-refractivity contribution is 6.33. The molecule has 1 aromatic heterocycles. The van der Waals surface area contributed by atoms with E-state index >= 15 is 0 Å². The Kier molecular flexibility index (Phi) is 6.07. The molecule has 0 radical (unpaired) electrons. The van der Waals surface area contributed by atoms with Gasteiger partial charge < -0.3 is 10.4 Å². The molecule has 1 heterocycles. The summed E-state index contributed by atoms with van der Waals surface area (Å²) in [5, 5.41) is 12.1. The van der Waals surface area contributed by atoms with E-state index in [2.05, 4.69) is 15.3 Å². The zero-order valence-electron chi connectivity index (χ0n) is 13.2. The minimum atomic E-state index is -0.300. The molecule has 1 amide bonds. The molecule has 2 rings (SSSR count). The second-order valence-corrected chi connectivity index (χ2v) is 5.97. The summed E-state index contributed by atoms with van der Waals surface area (Å²) < 4.78 is 0. The SMILES string of the molecule is CC(C)c1ncc(Cl)c(C(=O)NCCc2ccc(CO)cc2)n1. The number of hydrogen-bond donors (Lipinski definition) is 2. The van der Waals surface area contributed by atoms with Gasteiger partial charge in [0.25, 0.3) is 5.91 Å².